The Hall–Kier alpha value is -5.60. The largest absolute Gasteiger partial charge is 0.356 e. The molecule has 2 heteroatoms. The predicted octanol–water partition coefficient (Wildman–Crippen LogP) is 11.6. The highest BCUT2D eigenvalue weighted by Gasteiger charge is 2.20. The van der Waals surface area contributed by atoms with Gasteiger partial charge in [-0.05, 0) is 77.4 Å². The number of anilines is 4. The van der Waals surface area contributed by atoms with Crippen molar-refractivity contribution in [2.45, 2.75) is 6.92 Å². The third-order valence-electron chi connectivity index (χ3n) is 7.52. The lowest BCUT2D eigenvalue weighted by atomic mass is 9.98. The summed E-state index contributed by atoms with van der Waals surface area (Å²) in [6.45, 7) is 6.30. The van der Waals surface area contributed by atoms with E-state index in [4.69, 9.17) is 0 Å². The van der Waals surface area contributed by atoms with Crippen molar-refractivity contribution in [2.75, 3.05) is 10.2 Å². The van der Waals surface area contributed by atoms with Crippen molar-refractivity contribution in [1.29, 1.82) is 0 Å². The normalized spacial score (nSPS) is 11.7. The van der Waals surface area contributed by atoms with Crippen LogP contribution in [0.4, 0.5) is 22.7 Å². The second-order valence-electron chi connectivity index (χ2n) is 10.3. The van der Waals surface area contributed by atoms with E-state index >= 15 is 0 Å². The molecule has 0 saturated heterocycles. The fourth-order valence-electron chi connectivity index (χ4n) is 5.50. The minimum atomic E-state index is 1.03. The van der Waals surface area contributed by atoms with Gasteiger partial charge in [0.1, 0.15) is 0 Å². The molecule has 43 heavy (non-hydrogen) atoms. The van der Waals surface area contributed by atoms with Crippen LogP contribution in [0.25, 0.3) is 27.5 Å². The van der Waals surface area contributed by atoms with Gasteiger partial charge in [0.25, 0.3) is 0 Å². The third kappa shape index (κ3) is 6.05. The average Bonchev–Trinajstić information content (AvgIpc) is 3.07. The van der Waals surface area contributed by atoms with Crippen LogP contribution in [0.15, 0.2) is 182 Å². The van der Waals surface area contributed by atoms with Crippen molar-refractivity contribution in [2.24, 2.45) is 0 Å². The molecule has 0 aliphatic rings. The maximum atomic E-state index is 4.24. The fraction of sp³-hybridized carbons (Fsp3) is 0.0244. The first kappa shape index (κ1) is 27.6. The number of allylic oxidation sites excluding steroid dienone is 4. The number of hydrogen-bond donors (Lipinski definition) is 1. The minimum Gasteiger partial charge on any atom is -0.356 e. The topological polar surface area (TPSA) is 15.3 Å². The van der Waals surface area contributed by atoms with Crippen LogP contribution in [0.1, 0.15) is 12.5 Å². The van der Waals surface area contributed by atoms with Gasteiger partial charge < -0.3 is 10.2 Å². The summed E-state index contributed by atoms with van der Waals surface area (Å²) >= 11 is 0. The Balaban J connectivity index is 1.48. The van der Waals surface area contributed by atoms with E-state index in [2.05, 4.69) is 181 Å². The molecule has 0 saturated carbocycles. The van der Waals surface area contributed by atoms with Crippen LogP contribution < -0.4 is 10.2 Å². The summed E-state index contributed by atoms with van der Waals surface area (Å²) in [5.74, 6) is 0. The zero-order valence-electron chi connectivity index (χ0n) is 24.3. The van der Waals surface area contributed by atoms with Crippen LogP contribution >= 0.6 is 0 Å². The van der Waals surface area contributed by atoms with Crippen molar-refractivity contribution in [3.8, 4) is 11.1 Å². The summed E-state index contributed by atoms with van der Waals surface area (Å²) in [6, 6.07) is 53.2. The van der Waals surface area contributed by atoms with Gasteiger partial charge in [0, 0.05) is 28.2 Å². The highest BCUT2D eigenvalue weighted by Crippen LogP contribution is 2.41. The molecule has 0 atom stereocenters. The van der Waals surface area contributed by atoms with Gasteiger partial charge >= 0.3 is 0 Å². The van der Waals surface area contributed by atoms with Crippen molar-refractivity contribution in [3.63, 3.8) is 0 Å². The molecule has 6 rings (SSSR count). The SMILES string of the molecule is C=C/C(=C(\C=C/C)N(c1ccc(Nc2ccc3ccccc3c2)cc1)c1ccccc1-c1ccccc1)c1ccccc1. The first-order valence-corrected chi connectivity index (χ1v) is 14.6. The number of fused-ring (bicyclic) bond motifs is 1. The van der Waals surface area contributed by atoms with Crippen LogP contribution in [-0.2, 0) is 0 Å². The van der Waals surface area contributed by atoms with E-state index in [-0.39, 0.29) is 0 Å². The molecule has 0 bridgehead atoms. The number of rotatable bonds is 9. The summed E-state index contributed by atoms with van der Waals surface area (Å²) in [5, 5.41) is 6.04. The second kappa shape index (κ2) is 12.9. The standard InChI is InChI=1S/C41H34N2/c1-3-15-40(38(4-2)32-17-7-5-8-18-32)43(41-23-14-13-22-39(41)33-19-9-6-10-20-33)37-28-26-35(27-29-37)42-36-25-24-31-16-11-12-21-34(31)30-36/h3-30,42H,2H2,1H3/b15-3-,40-38-. The molecule has 0 radical (unpaired) electrons. The average molecular weight is 555 g/mol. The molecule has 1 N–H and O–H groups in total. The molecule has 0 unspecified atom stereocenters. The second-order valence-corrected chi connectivity index (χ2v) is 10.3. The van der Waals surface area contributed by atoms with Crippen molar-refractivity contribution in [1.82, 2.24) is 0 Å². The summed E-state index contributed by atoms with van der Waals surface area (Å²) in [7, 11) is 0. The van der Waals surface area contributed by atoms with Gasteiger partial charge in [-0.15, -0.1) is 0 Å². The van der Waals surface area contributed by atoms with Crippen LogP contribution in [0.2, 0.25) is 0 Å². The van der Waals surface area contributed by atoms with Crippen molar-refractivity contribution in [3.05, 3.63) is 188 Å². The molecular weight excluding hydrogens is 520 g/mol. The summed E-state index contributed by atoms with van der Waals surface area (Å²) < 4.78 is 0. The first-order chi connectivity index (χ1) is 21.2. The highest BCUT2D eigenvalue weighted by atomic mass is 15.2. The molecule has 2 nitrogen and oxygen atoms in total. The van der Waals surface area contributed by atoms with Gasteiger partial charge in [0.2, 0.25) is 0 Å². The number of nitrogens with zero attached hydrogens (tertiary/aromatic N) is 1. The minimum absolute atomic E-state index is 1.03. The quantitative estimate of drug-likeness (QED) is 0.179. The lowest BCUT2D eigenvalue weighted by Crippen LogP contribution is -2.17. The van der Waals surface area contributed by atoms with E-state index in [0.29, 0.717) is 0 Å². The van der Waals surface area contributed by atoms with E-state index in [1.54, 1.807) is 0 Å². The van der Waals surface area contributed by atoms with Crippen LogP contribution in [-0.4, -0.2) is 0 Å². The molecule has 0 fully saturated rings. The summed E-state index contributed by atoms with van der Waals surface area (Å²) in [4.78, 5) is 2.34. The van der Waals surface area contributed by atoms with E-state index in [9.17, 15) is 0 Å². The maximum Gasteiger partial charge on any atom is 0.0540 e. The van der Waals surface area contributed by atoms with Gasteiger partial charge in [0.05, 0.1) is 11.4 Å². The van der Waals surface area contributed by atoms with Gasteiger partial charge in [-0.3, -0.25) is 0 Å². The Kier molecular flexibility index (Phi) is 8.29. The zero-order valence-corrected chi connectivity index (χ0v) is 24.3. The lowest BCUT2D eigenvalue weighted by molar-refractivity contribution is 1.21. The fourth-order valence-corrected chi connectivity index (χ4v) is 5.50. The van der Waals surface area contributed by atoms with E-state index < -0.39 is 0 Å². The van der Waals surface area contributed by atoms with E-state index in [1.807, 2.05) is 12.1 Å². The number of nitrogens with one attached hydrogen (secondary N) is 1. The van der Waals surface area contributed by atoms with Crippen molar-refractivity contribution >= 4 is 39.1 Å². The summed E-state index contributed by atoms with van der Waals surface area (Å²) in [5.41, 5.74) is 9.76. The Morgan fingerprint density at radius 3 is 1.98 bits per heavy atom. The monoisotopic (exact) mass is 554 g/mol. The maximum absolute atomic E-state index is 4.24. The zero-order chi connectivity index (χ0) is 29.4. The van der Waals surface area contributed by atoms with Crippen LogP contribution in [0.5, 0.6) is 0 Å². The van der Waals surface area contributed by atoms with E-state index in [0.717, 1.165) is 50.7 Å². The molecule has 0 aliphatic heterocycles. The molecule has 0 aliphatic carbocycles. The van der Waals surface area contributed by atoms with Gasteiger partial charge in [0.15, 0.2) is 0 Å². The van der Waals surface area contributed by atoms with Crippen molar-refractivity contribution < 1.29 is 0 Å². The molecule has 6 aromatic carbocycles. The molecule has 0 amide bonds. The van der Waals surface area contributed by atoms with Gasteiger partial charge in [-0.2, -0.15) is 0 Å². The Morgan fingerprint density at radius 2 is 1.26 bits per heavy atom. The number of para-hydroxylation sites is 1. The first-order valence-electron chi connectivity index (χ1n) is 14.6. The predicted molar refractivity (Wildman–Crippen MR) is 186 cm³/mol. The molecule has 0 heterocycles. The lowest BCUT2D eigenvalue weighted by Gasteiger charge is -2.30. The molecular formula is C41H34N2. The molecule has 0 spiro atoms. The number of hydrogen-bond acceptors (Lipinski definition) is 2. The Morgan fingerprint density at radius 1 is 0.628 bits per heavy atom. The van der Waals surface area contributed by atoms with Gasteiger partial charge in [-0.25, -0.2) is 0 Å². The Labute approximate surface area is 254 Å². The molecule has 6 aromatic rings. The van der Waals surface area contributed by atoms with Crippen LogP contribution in [0.3, 0.4) is 0 Å². The smallest absolute Gasteiger partial charge is 0.0540 e. The highest BCUT2D eigenvalue weighted by molar-refractivity contribution is 5.91. The molecule has 0 aromatic heterocycles. The molecule has 208 valence electrons. The van der Waals surface area contributed by atoms with Crippen LogP contribution in [0, 0.1) is 0 Å². The Bertz CT molecular complexity index is 1900. The van der Waals surface area contributed by atoms with E-state index in [1.165, 1.54) is 10.8 Å². The van der Waals surface area contributed by atoms with Gasteiger partial charge in [-0.1, -0.05) is 128 Å². The number of benzene rings is 6. The third-order valence-corrected chi connectivity index (χ3v) is 7.52. The summed E-state index contributed by atoms with van der Waals surface area (Å²) in [6.07, 6.45) is 6.22.